The average molecular weight is 384 g/mol. The van der Waals surface area contributed by atoms with Crippen molar-refractivity contribution in [2.45, 2.75) is 6.92 Å². The highest BCUT2D eigenvalue weighted by atomic mass is 32.1. The lowest BCUT2D eigenvalue weighted by Crippen LogP contribution is -2.35. The number of carbonyl (C=O) groups excluding carboxylic acids is 2. The van der Waals surface area contributed by atoms with Gasteiger partial charge in [-0.2, -0.15) is 0 Å². The van der Waals surface area contributed by atoms with Crippen molar-refractivity contribution in [3.05, 3.63) is 35.5 Å². The summed E-state index contributed by atoms with van der Waals surface area (Å²) in [6.45, 7) is 2.06. The molecule has 3 heterocycles. The van der Waals surface area contributed by atoms with E-state index in [1.165, 1.54) is 17.7 Å². The molecule has 0 unspecified atom stereocenters. The molecule has 1 amide bonds. The summed E-state index contributed by atoms with van der Waals surface area (Å²) in [7, 11) is 1.71. The second-order valence-electron chi connectivity index (χ2n) is 5.82. The first-order valence-corrected chi connectivity index (χ1v) is 9.16. The highest BCUT2D eigenvalue weighted by molar-refractivity contribution is 7.17. The third-order valence-corrected chi connectivity index (χ3v) is 5.06. The number of rotatable bonds is 4. The molecule has 0 aliphatic carbocycles. The van der Waals surface area contributed by atoms with Gasteiger partial charge < -0.3 is 19.7 Å². The lowest BCUT2D eigenvalue weighted by molar-refractivity contribution is -0.120. The summed E-state index contributed by atoms with van der Waals surface area (Å²) in [4.78, 5) is 34.7. The molecule has 9 heteroatoms. The molecule has 0 bridgehead atoms. The van der Waals surface area contributed by atoms with E-state index in [1.807, 2.05) is 6.07 Å². The van der Waals surface area contributed by atoms with Crippen molar-refractivity contribution < 1.29 is 19.1 Å². The molecule has 8 nitrogen and oxygen atoms in total. The number of hydrogen-bond donors (Lipinski definition) is 1. The van der Waals surface area contributed by atoms with Crippen LogP contribution >= 0.6 is 11.3 Å². The molecule has 1 aliphatic rings. The van der Waals surface area contributed by atoms with Crippen LogP contribution in [-0.4, -0.2) is 42.1 Å². The number of hydrogen-bond acceptors (Lipinski definition) is 8. The van der Waals surface area contributed by atoms with E-state index in [0.29, 0.717) is 39.6 Å². The van der Waals surface area contributed by atoms with E-state index in [4.69, 9.17) is 9.47 Å². The maximum absolute atomic E-state index is 12.2. The lowest BCUT2D eigenvalue weighted by atomic mass is 10.2. The van der Waals surface area contributed by atoms with Crippen LogP contribution in [0.5, 0.6) is 5.75 Å². The topological polar surface area (TPSA) is 93.6 Å². The van der Waals surface area contributed by atoms with Crippen LogP contribution in [0.1, 0.15) is 17.3 Å². The summed E-state index contributed by atoms with van der Waals surface area (Å²) in [6.07, 6.45) is 1.44. The highest BCUT2D eigenvalue weighted by Gasteiger charge is 2.23. The number of carbonyl (C=O) groups is 2. The van der Waals surface area contributed by atoms with Crippen LogP contribution in [0.2, 0.25) is 0 Å². The standard InChI is InChI=1S/C18H16N4O4S/c1-3-25-18(24)11-8-27-17-15(11)16(19-9-20-17)21-10-4-5-12-13(6-10)26-7-14(23)22(12)2/h4-6,8-9H,3,7H2,1-2H3,(H,19,20,21). The van der Waals surface area contributed by atoms with Gasteiger partial charge in [0, 0.05) is 24.2 Å². The Bertz CT molecular complexity index is 1050. The van der Waals surface area contributed by atoms with Gasteiger partial charge in [0.1, 0.15) is 22.7 Å². The van der Waals surface area contributed by atoms with E-state index in [-0.39, 0.29) is 12.5 Å². The summed E-state index contributed by atoms with van der Waals surface area (Å²) < 4.78 is 10.6. The zero-order chi connectivity index (χ0) is 19.0. The Morgan fingerprint density at radius 1 is 1.41 bits per heavy atom. The minimum absolute atomic E-state index is 0.00223. The molecule has 0 fully saturated rings. The average Bonchev–Trinajstić information content (AvgIpc) is 3.10. The molecule has 1 N–H and O–H groups in total. The smallest absolute Gasteiger partial charge is 0.339 e. The van der Waals surface area contributed by atoms with Gasteiger partial charge >= 0.3 is 5.97 Å². The van der Waals surface area contributed by atoms with Crippen LogP contribution in [0, 0.1) is 0 Å². The van der Waals surface area contributed by atoms with Gasteiger partial charge in [0.2, 0.25) is 0 Å². The van der Waals surface area contributed by atoms with Gasteiger partial charge in [-0.3, -0.25) is 4.79 Å². The largest absolute Gasteiger partial charge is 0.481 e. The maximum Gasteiger partial charge on any atom is 0.339 e. The van der Waals surface area contributed by atoms with Crippen molar-refractivity contribution in [1.29, 1.82) is 0 Å². The summed E-state index contributed by atoms with van der Waals surface area (Å²) >= 11 is 1.36. The Morgan fingerprint density at radius 2 is 2.26 bits per heavy atom. The molecule has 3 aromatic rings. The number of esters is 1. The second-order valence-corrected chi connectivity index (χ2v) is 6.68. The van der Waals surface area contributed by atoms with Crippen molar-refractivity contribution in [2.24, 2.45) is 0 Å². The van der Waals surface area contributed by atoms with Crippen LogP contribution in [-0.2, 0) is 9.53 Å². The summed E-state index contributed by atoms with van der Waals surface area (Å²) in [5.41, 5.74) is 1.85. The van der Waals surface area contributed by atoms with Gasteiger partial charge in [-0.1, -0.05) is 0 Å². The zero-order valence-corrected chi connectivity index (χ0v) is 15.5. The molecule has 0 spiro atoms. The van der Waals surface area contributed by atoms with Gasteiger partial charge in [0.05, 0.1) is 23.2 Å². The van der Waals surface area contributed by atoms with Crippen molar-refractivity contribution in [2.75, 3.05) is 30.5 Å². The van der Waals surface area contributed by atoms with E-state index in [0.717, 1.165) is 5.69 Å². The van der Waals surface area contributed by atoms with Crippen molar-refractivity contribution in [1.82, 2.24) is 9.97 Å². The summed E-state index contributed by atoms with van der Waals surface area (Å²) in [6, 6.07) is 5.41. The van der Waals surface area contributed by atoms with Gasteiger partial charge in [0.25, 0.3) is 5.91 Å². The minimum Gasteiger partial charge on any atom is -0.481 e. The zero-order valence-electron chi connectivity index (χ0n) is 14.7. The Labute approximate surface area is 158 Å². The van der Waals surface area contributed by atoms with E-state index in [2.05, 4.69) is 15.3 Å². The van der Waals surface area contributed by atoms with E-state index < -0.39 is 5.97 Å². The minimum atomic E-state index is -0.407. The van der Waals surface area contributed by atoms with Gasteiger partial charge in [-0.15, -0.1) is 11.3 Å². The predicted octanol–water partition coefficient (Wildman–Crippen LogP) is 2.97. The Morgan fingerprint density at radius 3 is 3.07 bits per heavy atom. The number of nitrogens with one attached hydrogen (secondary N) is 1. The first-order valence-electron chi connectivity index (χ1n) is 8.28. The van der Waals surface area contributed by atoms with E-state index in [9.17, 15) is 9.59 Å². The van der Waals surface area contributed by atoms with Crippen LogP contribution in [0.4, 0.5) is 17.2 Å². The SMILES string of the molecule is CCOC(=O)c1csc2ncnc(Nc3ccc4c(c3)OCC(=O)N4C)c12. The molecular weight excluding hydrogens is 368 g/mol. The summed E-state index contributed by atoms with van der Waals surface area (Å²) in [5, 5.41) is 5.55. The fraction of sp³-hybridized carbons (Fsp3) is 0.222. The fourth-order valence-electron chi connectivity index (χ4n) is 2.82. The van der Waals surface area contributed by atoms with Gasteiger partial charge in [0.15, 0.2) is 6.61 Å². The van der Waals surface area contributed by atoms with Crippen LogP contribution in [0.3, 0.4) is 0 Å². The Balaban J connectivity index is 1.71. The van der Waals surface area contributed by atoms with Crippen LogP contribution < -0.4 is 15.0 Å². The normalized spacial score (nSPS) is 13.3. The number of anilines is 3. The monoisotopic (exact) mass is 384 g/mol. The number of aromatic nitrogens is 2. The molecule has 138 valence electrons. The van der Waals surface area contributed by atoms with Crippen molar-refractivity contribution >= 4 is 50.6 Å². The molecule has 0 saturated heterocycles. The number of thiophene rings is 1. The number of benzene rings is 1. The molecule has 2 aromatic heterocycles. The first kappa shape index (κ1) is 17.2. The van der Waals surface area contributed by atoms with Crippen LogP contribution in [0.25, 0.3) is 10.2 Å². The van der Waals surface area contributed by atoms with Gasteiger partial charge in [-0.25, -0.2) is 14.8 Å². The second kappa shape index (κ2) is 6.84. The molecule has 0 saturated carbocycles. The maximum atomic E-state index is 12.2. The number of amides is 1. The van der Waals surface area contributed by atoms with Crippen molar-refractivity contribution in [3.8, 4) is 5.75 Å². The molecule has 1 aliphatic heterocycles. The number of ether oxygens (including phenoxy) is 2. The Kier molecular flexibility index (Phi) is 4.36. The highest BCUT2D eigenvalue weighted by Crippen LogP contribution is 2.36. The Hall–Kier alpha value is -3.20. The summed E-state index contributed by atoms with van der Waals surface area (Å²) in [5.74, 6) is 0.599. The number of likely N-dealkylation sites (N-methyl/N-ethyl adjacent to an activating group) is 1. The number of fused-ring (bicyclic) bond motifs is 2. The van der Waals surface area contributed by atoms with E-state index >= 15 is 0 Å². The molecule has 1 aromatic carbocycles. The first-order chi connectivity index (χ1) is 13.1. The lowest BCUT2D eigenvalue weighted by Gasteiger charge is -2.26. The van der Waals surface area contributed by atoms with E-state index in [1.54, 1.807) is 36.4 Å². The quantitative estimate of drug-likeness (QED) is 0.691. The molecule has 4 rings (SSSR count). The molecule has 27 heavy (non-hydrogen) atoms. The molecular formula is C18H16N4O4S. The molecule has 0 atom stereocenters. The number of nitrogens with zero attached hydrogens (tertiary/aromatic N) is 3. The fourth-order valence-corrected chi connectivity index (χ4v) is 3.70. The third kappa shape index (κ3) is 3.06. The predicted molar refractivity (Wildman–Crippen MR) is 102 cm³/mol. The van der Waals surface area contributed by atoms with Crippen molar-refractivity contribution in [3.63, 3.8) is 0 Å². The van der Waals surface area contributed by atoms with Crippen LogP contribution in [0.15, 0.2) is 29.9 Å². The van der Waals surface area contributed by atoms with Gasteiger partial charge in [-0.05, 0) is 19.1 Å². The third-order valence-electron chi connectivity index (χ3n) is 4.17. The molecule has 0 radical (unpaired) electrons.